The van der Waals surface area contributed by atoms with E-state index in [-0.39, 0.29) is 6.10 Å². The lowest BCUT2D eigenvalue weighted by atomic mass is 10.1. The molecule has 1 N–H and O–H groups in total. The first-order valence-electron chi connectivity index (χ1n) is 4.96. The Morgan fingerprint density at radius 3 is 2.71 bits per heavy atom. The molecule has 0 aromatic carbocycles. The Hall–Kier alpha value is -0.540. The highest BCUT2D eigenvalue weighted by Crippen LogP contribution is 2.21. The van der Waals surface area contributed by atoms with E-state index in [1.165, 1.54) is 0 Å². The normalized spacial score (nSPS) is 13.2. The van der Waals surface area contributed by atoms with Crippen molar-refractivity contribution in [2.45, 2.75) is 46.3 Å². The molecule has 3 nitrogen and oxygen atoms in total. The molecular formula is C10H17ClN2O. The molecule has 1 heterocycles. The van der Waals surface area contributed by atoms with E-state index in [1.807, 2.05) is 18.5 Å². The van der Waals surface area contributed by atoms with E-state index in [2.05, 4.69) is 5.10 Å². The van der Waals surface area contributed by atoms with Gasteiger partial charge >= 0.3 is 0 Å². The summed E-state index contributed by atoms with van der Waals surface area (Å²) in [7, 11) is 0. The molecule has 1 aromatic heterocycles. The average Bonchev–Trinajstić information content (AvgIpc) is 2.40. The van der Waals surface area contributed by atoms with Crippen LogP contribution in [0.4, 0.5) is 0 Å². The SMILES string of the molecule is CCn1nc(C)c(Cl)c1CCC(C)O. The summed E-state index contributed by atoms with van der Waals surface area (Å²) in [5.41, 5.74) is 1.90. The Bertz CT molecular complexity index is 307. The van der Waals surface area contributed by atoms with Gasteiger partial charge in [-0.05, 0) is 33.6 Å². The molecule has 0 radical (unpaired) electrons. The molecule has 4 heteroatoms. The molecule has 0 fully saturated rings. The Kier molecular flexibility index (Phi) is 3.96. The highest BCUT2D eigenvalue weighted by atomic mass is 35.5. The predicted octanol–water partition coefficient (Wildman–Crippen LogP) is 2.18. The Balaban J connectivity index is 2.82. The second kappa shape index (κ2) is 4.80. The van der Waals surface area contributed by atoms with Crippen LogP contribution >= 0.6 is 11.6 Å². The van der Waals surface area contributed by atoms with E-state index in [0.29, 0.717) is 0 Å². The van der Waals surface area contributed by atoms with Gasteiger partial charge in [0.1, 0.15) is 0 Å². The molecule has 1 unspecified atom stereocenters. The van der Waals surface area contributed by atoms with Crippen molar-refractivity contribution < 1.29 is 5.11 Å². The summed E-state index contributed by atoms with van der Waals surface area (Å²) in [6.07, 6.45) is 1.22. The minimum Gasteiger partial charge on any atom is -0.393 e. The lowest BCUT2D eigenvalue weighted by molar-refractivity contribution is 0.184. The predicted molar refractivity (Wildman–Crippen MR) is 57.6 cm³/mol. The number of halogens is 1. The van der Waals surface area contributed by atoms with Gasteiger partial charge in [0, 0.05) is 6.54 Å². The number of rotatable bonds is 4. The number of aromatic nitrogens is 2. The van der Waals surface area contributed by atoms with Crippen LogP contribution in [-0.4, -0.2) is 21.0 Å². The summed E-state index contributed by atoms with van der Waals surface area (Å²) in [4.78, 5) is 0. The molecule has 1 rings (SSSR count). The van der Waals surface area contributed by atoms with Gasteiger partial charge in [0.05, 0.1) is 22.5 Å². The Morgan fingerprint density at radius 2 is 2.21 bits per heavy atom. The van der Waals surface area contributed by atoms with Gasteiger partial charge in [-0.2, -0.15) is 5.10 Å². The van der Waals surface area contributed by atoms with Crippen LogP contribution in [0.1, 0.15) is 31.7 Å². The van der Waals surface area contributed by atoms with Crippen LogP contribution in [0.25, 0.3) is 0 Å². The first kappa shape index (κ1) is 11.5. The quantitative estimate of drug-likeness (QED) is 0.838. The zero-order valence-electron chi connectivity index (χ0n) is 8.92. The van der Waals surface area contributed by atoms with Crippen LogP contribution in [0.5, 0.6) is 0 Å². The van der Waals surface area contributed by atoms with Crippen molar-refractivity contribution >= 4 is 11.6 Å². The molecule has 0 amide bonds. The molecule has 0 saturated carbocycles. The van der Waals surface area contributed by atoms with Crippen molar-refractivity contribution in [2.24, 2.45) is 0 Å². The third kappa shape index (κ3) is 2.49. The monoisotopic (exact) mass is 216 g/mol. The fraction of sp³-hybridized carbons (Fsp3) is 0.700. The van der Waals surface area contributed by atoms with Gasteiger partial charge in [0.25, 0.3) is 0 Å². The third-order valence-corrected chi connectivity index (χ3v) is 2.74. The summed E-state index contributed by atoms with van der Waals surface area (Å²) in [6.45, 7) is 6.55. The number of nitrogens with zero attached hydrogens (tertiary/aromatic N) is 2. The van der Waals surface area contributed by atoms with Crippen molar-refractivity contribution in [3.63, 3.8) is 0 Å². The smallest absolute Gasteiger partial charge is 0.0847 e. The first-order valence-corrected chi connectivity index (χ1v) is 5.33. The van der Waals surface area contributed by atoms with Crippen molar-refractivity contribution in [3.05, 3.63) is 16.4 Å². The van der Waals surface area contributed by atoms with E-state index in [1.54, 1.807) is 6.92 Å². The van der Waals surface area contributed by atoms with Crippen molar-refractivity contribution in [2.75, 3.05) is 0 Å². The van der Waals surface area contributed by atoms with Crippen LogP contribution in [0.2, 0.25) is 5.02 Å². The molecule has 0 aliphatic rings. The first-order chi connectivity index (χ1) is 6.56. The van der Waals surface area contributed by atoms with Gasteiger partial charge < -0.3 is 5.11 Å². The molecule has 0 saturated heterocycles. The minimum atomic E-state index is -0.286. The van der Waals surface area contributed by atoms with Crippen LogP contribution in [0.3, 0.4) is 0 Å². The van der Waals surface area contributed by atoms with Crippen molar-refractivity contribution in [3.8, 4) is 0 Å². The molecule has 80 valence electrons. The van der Waals surface area contributed by atoms with Gasteiger partial charge in [-0.3, -0.25) is 4.68 Å². The zero-order chi connectivity index (χ0) is 10.7. The van der Waals surface area contributed by atoms with Gasteiger partial charge in [-0.25, -0.2) is 0 Å². The molecule has 14 heavy (non-hydrogen) atoms. The second-order valence-corrected chi connectivity index (χ2v) is 3.93. The largest absolute Gasteiger partial charge is 0.393 e. The lowest BCUT2D eigenvalue weighted by Crippen LogP contribution is -2.07. The summed E-state index contributed by atoms with van der Waals surface area (Å²) >= 11 is 6.11. The molecule has 0 spiro atoms. The number of hydrogen-bond donors (Lipinski definition) is 1. The van der Waals surface area contributed by atoms with Gasteiger partial charge in [-0.1, -0.05) is 11.6 Å². The van der Waals surface area contributed by atoms with Crippen molar-refractivity contribution in [1.29, 1.82) is 0 Å². The molecule has 0 bridgehead atoms. The van der Waals surface area contributed by atoms with Crippen LogP contribution in [0.15, 0.2) is 0 Å². The summed E-state index contributed by atoms with van der Waals surface area (Å²) in [6, 6.07) is 0. The molecule has 0 aliphatic carbocycles. The highest BCUT2D eigenvalue weighted by Gasteiger charge is 2.12. The topological polar surface area (TPSA) is 38.0 Å². The van der Waals surface area contributed by atoms with Crippen molar-refractivity contribution in [1.82, 2.24) is 9.78 Å². The van der Waals surface area contributed by atoms with E-state index in [9.17, 15) is 5.11 Å². The highest BCUT2D eigenvalue weighted by molar-refractivity contribution is 6.31. The van der Waals surface area contributed by atoms with Crippen LogP contribution < -0.4 is 0 Å². The second-order valence-electron chi connectivity index (χ2n) is 3.55. The number of aryl methyl sites for hydroxylation is 2. The van der Waals surface area contributed by atoms with E-state index < -0.39 is 0 Å². The number of hydrogen-bond acceptors (Lipinski definition) is 2. The Labute approximate surface area is 89.7 Å². The lowest BCUT2D eigenvalue weighted by Gasteiger charge is -2.06. The van der Waals surface area contributed by atoms with Gasteiger partial charge in [0.15, 0.2) is 0 Å². The van der Waals surface area contributed by atoms with Gasteiger partial charge in [-0.15, -0.1) is 0 Å². The van der Waals surface area contributed by atoms with Gasteiger partial charge in [0.2, 0.25) is 0 Å². The maximum Gasteiger partial charge on any atom is 0.0847 e. The molecule has 1 atom stereocenters. The summed E-state index contributed by atoms with van der Waals surface area (Å²) < 4.78 is 1.90. The fourth-order valence-corrected chi connectivity index (χ4v) is 1.68. The maximum atomic E-state index is 9.20. The summed E-state index contributed by atoms with van der Waals surface area (Å²) in [5.74, 6) is 0. The molecular weight excluding hydrogens is 200 g/mol. The fourth-order valence-electron chi connectivity index (χ4n) is 1.45. The van der Waals surface area contributed by atoms with Crippen LogP contribution in [-0.2, 0) is 13.0 Å². The number of aliphatic hydroxyl groups is 1. The average molecular weight is 217 g/mol. The standard InChI is InChI=1S/C10H17ClN2O/c1-4-13-9(6-5-7(2)14)10(11)8(3)12-13/h7,14H,4-6H2,1-3H3. The zero-order valence-corrected chi connectivity index (χ0v) is 9.67. The Morgan fingerprint density at radius 1 is 1.57 bits per heavy atom. The number of aliphatic hydroxyl groups excluding tert-OH is 1. The van der Waals surface area contributed by atoms with E-state index in [4.69, 9.17) is 11.6 Å². The van der Waals surface area contributed by atoms with E-state index in [0.717, 1.165) is 35.8 Å². The molecule has 1 aromatic rings. The van der Waals surface area contributed by atoms with Crippen LogP contribution in [0, 0.1) is 6.92 Å². The minimum absolute atomic E-state index is 0.286. The van der Waals surface area contributed by atoms with E-state index >= 15 is 0 Å². The summed E-state index contributed by atoms with van der Waals surface area (Å²) in [5, 5.41) is 14.3. The molecule has 0 aliphatic heterocycles. The maximum absolute atomic E-state index is 9.20. The third-order valence-electron chi connectivity index (χ3n) is 2.25.